The first-order chi connectivity index (χ1) is 9.88. The van der Waals surface area contributed by atoms with Crippen molar-refractivity contribution in [1.29, 1.82) is 0 Å². The fourth-order valence-corrected chi connectivity index (χ4v) is 2.02. The van der Waals surface area contributed by atoms with Crippen molar-refractivity contribution in [2.45, 2.75) is 58.5 Å². The van der Waals surface area contributed by atoms with Gasteiger partial charge in [0.25, 0.3) is 0 Å². The van der Waals surface area contributed by atoms with Crippen LogP contribution in [0.4, 0.5) is 11.4 Å². The van der Waals surface area contributed by atoms with Crippen LogP contribution in [0.3, 0.4) is 0 Å². The third-order valence-corrected chi connectivity index (χ3v) is 3.00. The standard InChI is InChI=1S/C17H28N2O2/c1-17(2,3)21-16(20)12-6-4-5-9-13-19-15-11-8-7-10-14(15)18/h7-8,10-11,19H,4-6,9,12-13,18H2,1-3H3. The molecule has 0 saturated heterocycles. The van der Waals surface area contributed by atoms with Crippen LogP contribution in [-0.2, 0) is 9.53 Å². The number of anilines is 2. The van der Waals surface area contributed by atoms with E-state index in [-0.39, 0.29) is 11.6 Å². The summed E-state index contributed by atoms with van der Waals surface area (Å²) in [6.45, 7) is 6.59. The molecule has 0 bridgehead atoms. The molecule has 0 aliphatic rings. The molecule has 1 aromatic carbocycles. The number of esters is 1. The number of carbonyl (C=O) groups excluding carboxylic acids is 1. The molecule has 0 amide bonds. The maximum Gasteiger partial charge on any atom is 0.306 e. The van der Waals surface area contributed by atoms with Crippen molar-refractivity contribution in [3.8, 4) is 0 Å². The van der Waals surface area contributed by atoms with Gasteiger partial charge in [0, 0.05) is 13.0 Å². The first kappa shape index (κ1) is 17.3. The molecule has 0 saturated carbocycles. The van der Waals surface area contributed by atoms with Crippen LogP contribution >= 0.6 is 0 Å². The lowest BCUT2D eigenvalue weighted by atomic mass is 10.1. The molecule has 4 heteroatoms. The quantitative estimate of drug-likeness (QED) is 0.432. The first-order valence-corrected chi connectivity index (χ1v) is 7.69. The minimum atomic E-state index is -0.378. The van der Waals surface area contributed by atoms with Crippen LogP contribution in [-0.4, -0.2) is 18.1 Å². The number of nitrogens with two attached hydrogens (primary N) is 1. The van der Waals surface area contributed by atoms with E-state index >= 15 is 0 Å². The Kier molecular flexibility index (Phi) is 7.06. The molecular formula is C17H28N2O2. The van der Waals surface area contributed by atoms with Crippen LogP contribution in [0.5, 0.6) is 0 Å². The molecule has 4 nitrogen and oxygen atoms in total. The number of rotatable bonds is 8. The summed E-state index contributed by atoms with van der Waals surface area (Å²) in [7, 11) is 0. The van der Waals surface area contributed by atoms with Gasteiger partial charge in [-0.05, 0) is 45.7 Å². The summed E-state index contributed by atoms with van der Waals surface area (Å²) < 4.78 is 5.27. The number of carbonyl (C=O) groups is 1. The number of unbranched alkanes of at least 4 members (excludes halogenated alkanes) is 3. The van der Waals surface area contributed by atoms with Crippen molar-refractivity contribution in [2.75, 3.05) is 17.6 Å². The minimum Gasteiger partial charge on any atom is -0.460 e. The van der Waals surface area contributed by atoms with Gasteiger partial charge in [0.05, 0.1) is 11.4 Å². The summed E-state index contributed by atoms with van der Waals surface area (Å²) in [6, 6.07) is 7.78. The van der Waals surface area contributed by atoms with Gasteiger partial charge >= 0.3 is 5.97 Å². The smallest absolute Gasteiger partial charge is 0.306 e. The lowest BCUT2D eigenvalue weighted by Gasteiger charge is -2.19. The molecular weight excluding hydrogens is 264 g/mol. The third-order valence-electron chi connectivity index (χ3n) is 3.00. The van der Waals surface area contributed by atoms with E-state index in [0.29, 0.717) is 6.42 Å². The number of ether oxygens (including phenoxy) is 1. The van der Waals surface area contributed by atoms with E-state index in [2.05, 4.69) is 5.32 Å². The van der Waals surface area contributed by atoms with Crippen molar-refractivity contribution < 1.29 is 9.53 Å². The van der Waals surface area contributed by atoms with Crippen LogP contribution in [0, 0.1) is 0 Å². The largest absolute Gasteiger partial charge is 0.460 e. The molecule has 0 fully saturated rings. The van der Waals surface area contributed by atoms with Gasteiger partial charge in [-0.1, -0.05) is 25.0 Å². The fourth-order valence-electron chi connectivity index (χ4n) is 2.02. The van der Waals surface area contributed by atoms with Gasteiger partial charge in [0.1, 0.15) is 5.60 Å². The number of hydrogen-bond donors (Lipinski definition) is 2. The Morgan fingerprint density at radius 2 is 1.81 bits per heavy atom. The zero-order chi connectivity index (χ0) is 15.7. The topological polar surface area (TPSA) is 64.3 Å². The van der Waals surface area contributed by atoms with Crippen LogP contribution in [0.1, 0.15) is 52.9 Å². The van der Waals surface area contributed by atoms with Crippen LogP contribution in [0.15, 0.2) is 24.3 Å². The van der Waals surface area contributed by atoms with E-state index in [9.17, 15) is 4.79 Å². The average Bonchev–Trinajstić information content (AvgIpc) is 2.37. The highest BCUT2D eigenvalue weighted by molar-refractivity contribution is 5.69. The normalized spacial score (nSPS) is 11.2. The molecule has 0 spiro atoms. The summed E-state index contributed by atoms with van der Waals surface area (Å²) in [5.41, 5.74) is 7.25. The van der Waals surface area contributed by atoms with Crippen LogP contribution in [0.25, 0.3) is 0 Å². The zero-order valence-electron chi connectivity index (χ0n) is 13.4. The highest BCUT2D eigenvalue weighted by Crippen LogP contribution is 2.17. The van der Waals surface area contributed by atoms with E-state index in [4.69, 9.17) is 10.5 Å². The Morgan fingerprint density at radius 3 is 2.48 bits per heavy atom. The molecule has 3 N–H and O–H groups in total. The molecule has 118 valence electrons. The molecule has 0 aliphatic heterocycles. The maximum atomic E-state index is 11.5. The Bertz CT molecular complexity index is 439. The van der Waals surface area contributed by atoms with Gasteiger partial charge in [-0.15, -0.1) is 0 Å². The number of para-hydroxylation sites is 2. The maximum absolute atomic E-state index is 11.5. The molecule has 1 rings (SSSR count). The van der Waals surface area contributed by atoms with Crippen molar-refractivity contribution >= 4 is 17.3 Å². The molecule has 1 aromatic rings. The van der Waals surface area contributed by atoms with Crippen LogP contribution < -0.4 is 11.1 Å². The van der Waals surface area contributed by atoms with Crippen molar-refractivity contribution in [3.63, 3.8) is 0 Å². The molecule has 21 heavy (non-hydrogen) atoms. The molecule has 0 aliphatic carbocycles. The summed E-state index contributed by atoms with van der Waals surface area (Å²) in [5.74, 6) is -0.0994. The lowest BCUT2D eigenvalue weighted by molar-refractivity contribution is -0.154. The summed E-state index contributed by atoms with van der Waals surface area (Å²) in [5, 5.41) is 3.33. The minimum absolute atomic E-state index is 0.0994. The van der Waals surface area contributed by atoms with E-state index < -0.39 is 0 Å². The Balaban J connectivity index is 2.03. The zero-order valence-corrected chi connectivity index (χ0v) is 13.4. The Hall–Kier alpha value is -1.71. The second-order valence-electron chi connectivity index (χ2n) is 6.26. The first-order valence-electron chi connectivity index (χ1n) is 7.69. The average molecular weight is 292 g/mol. The predicted molar refractivity (Wildman–Crippen MR) is 88.3 cm³/mol. The number of nitrogens with one attached hydrogen (secondary N) is 1. The third kappa shape index (κ3) is 8.23. The number of nitrogen functional groups attached to an aromatic ring is 1. The monoisotopic (exact) mass is 292 g/mol. The molecule has 0 aromatic heterocycles. The van der Waals surface area contributed by atoms with Gasteiger partial charge < -0.3 is 15.8 Å². The summed E-state index contributed by atoms with van der Waals surface area (Å²) in [4.78, 5) is 11.5. The fraction of sp³-hybridized carbons (Fsp3) is 0.588. The summed E-state index contributed by atoms with van der Waals surface area (Å²) >= 11 is 0. The molecule has 0 atom stereocenters. The SMILES string of the molecule is CC(C)(C)OC(=O)CCCCCCNc1ccccc1N. The van der Waals surface area contributed by atoms with Crippen molar-refractivity contribution in [3.05, 3.63) is 24.3 Å². The number of benzene rings is 1. The van der Waals surface area contributed by atoms with Crippen molar-refractivity contribution in [2.24, 2.45) is 0 Å². The van der Waals surface area contributed by atoms with Gasteiger partial charge in [-0.2, -0.15) is 0 Å². The summed E-state index contributed by atoms with van der Waals surface area (Å²) in [6.07, 6.45) is 4.62. The Morgan fingerprint density at radius 1 is 1.14 bits per heavy atom. The van der Waals surface area contributed by atoms with Crippen LogP contribution in [0.2, 0.25) is 0 Å². The van der Waals surface area contributed by atoms with E-state index in [1.54, 1.807) is 0 Å². The molecule has 0 radical (unpaired) electrons. The Labute approximate surface area is 128 Å². The molecule has 0 unspecified atom stereocenters. The van der Waals surface area contributed by atoms with E-state index in [0.717, 1.165) is 43.6 Å². The highest BCUT2D eigenvalue weighted by Gasteiger charge is 2.15. The van der Waals surface area contributed by atoms with Gasteiger partial charge in [-0.25, -0.2) is 0 Å². The second-order valence-corrected chi connectivity index (χ2v) is 6.26. The molecule has 0 heterocycles. The second kappa shape index (κ2) is 8.55. The van der Waals surface area contributed by atoms with Gasteiger partial charge in [-0.3, -0.25) is 4.79 Å². The highest BCUT2D eigenvalue weighted by atomic mass is 16.6. The van der Waals surface area contributed by atoms with E-state index in [1.165, 1.54) is 0 Å². The number of hydrogen-bond acceptors (Lipinski definition) is 4. The van der Waals surface area contributed by atoms with Crippen molar-refractivity contribution in [1.82, 2.24) is 0 Å². The lowest BCUT2D eigenvalue weighted by Crippen LogP contribution is -2.23. The van der Waals surface area contributed by atoms with Gasteiger partial charge in [0.15, 0.2) is 0 Å². The predicted octanol–water partition coefficient (Wildman–Crippen LogP) is 3.97. The van der Waals surface area contributed by atoms with E-state index in [1.807, 2.05) is 45.0 Å². The van der Waals surface area contributed by atoms with Gasteiger partial charge in [0.2, 0.25) is 0 Å².